The van der Waals surface area contributed by atoms with E-state index in [9.17, 15) is 18.8 Å². The molecule has 0 fully saturated rings. The van der Waals surface area contributed by atoms with Gasteiger partial charge >= 0.3 is 11.7 Å². The van der Waals surface area contributed by atoms with Gasteiger partial charge in [0.25, 0.3) is 5.56 Å². The summed E-state index contributed by atoms with van der Waals surface area (Å²) in [6.07, 6.45) is 1.78. The number of rotatable bonds is 7. The highest BCUT2D eigenvalue weighted by atomic mass is 19.1. The fourth-order valence-electron chi connectivity index (χ4n) is 3.55. The molecule has 0 bridgehead atoms. The predicted molar refractivity (Wildman–Crippen MR) is 116 cm³/mol. The standard InChI is InChI=1S/C23H21FN4O4/c1-2-32-19(29)14-26-15-25-21-20(26)22(30)27(13-12-16-6-4-3-5-7-16)23(31)28(21)18-10-8-17(24)9-11-18/h3-11,15H,2,12-14H2,1H3. The van der Waals surface area contributed by atoms with Gasteiger partial charge in [-0.25, -0.2) is 18.7 Å². The SMILES string of the molecule is CCOC(=O)Cn1cnc2c1c(=O)n(CCc1ccccc1)c(=O)n2-c1ccc(F)cc1. The number of fused-ring (bicyclic) bond motifs is 1. The monoisotopic (exact) mass is 436 g/mol. The van der Waals surface area contributed by atoms with Crippen molar-refractivity contribution in [1.82, 2.24) is 18.7 Å². The third kappa shape index (κ3) is 4.09. The summed E-state index contributed by atoms with van der Waals surface area (Å²) in [5.74, 6) is -0.982. The zero-order chi connectivity index (χ0) is 22.7. The number of aromatic nitrogens is 4. The van der Waals surface area contributed by atoms with Crippen LogP contribution < -0.4 is 11.2 Å². The number of halogens is 1. The van der Waals surface area contributed by atoms with Crippen molar-refractivity contribution in [1.29, 1.82) is 0 Å². The number of hydrogen-bond acceptors (Lipinski definition) is 5. The lowest BCUT2D eigenvalue weighted by atomic mass is 10.1. The first-order valence-electron chi connectivity index (χ1n) is 10.2. The second-order valence-corrected chi connectivity index (χ2v) is 7.14. The van der Waals surface area contributed by atoms with Gasteiger partial charge in [-0.15, -0.1) is 0 Å². The molecule has 4 aromatic rings. The van der Waals surface area contributed by atoms with E-state index < -0.39 is 23.0 Å². The highest BCUT2D eigenvalue weighted by molar-refractivity contribution is 5.76. The van der Waals surface area contributed by atoms with Gasteiger partial charge in [-0.1, -0.05) is 30.3 Å². The van der Waals surface area contributed by atoms with E-state index in [0.29, 0.717) is 12.1 Å². The van der Waals surface area contributed by atoms with Crippen molar-refractivity contribution in [2.24, 2.45) is 0 Å². The van der Waals surface area contributed by atoms with Crippen molar-refractivity contribution in [3.63, 3.8) is 0 Å². The minimum absolute atomic E-state index is 0.0897. The molecule has 0 unspecified atom stereocenters. The zero-order valence-corrected chi connectivity index (χ0v) is 17.4. The molecule has 2 aromatic heterocycles. The fourth-order valence-corrected chi connectivity index (χ4v) is 3.55. The summed E-state index contributed by atoms with van der Waals surface area (Å²) in [6, 6.07) is 14.8. The van der Waals surface area contributed by atoms with Crippen molar-refractivity contribution in [3.8, 4) is 5.69 Å². The lowest BCUT2D eigenvalue weighted by molar-refractivity contribution is -0.143. The molecule has 0 aliphatic rings. The number of carbonyl (C=O) groups is 1. The fraction of sp³-hybridized carbons (Fsp3) is 0.217. The van der Waals surface area contributed by atoms with E-state index >= 15 is 0 Å². The molecule has 0 N–H and O–H groups in total. The molecule has 0 aliphatic heterocycles. The van der Waals surface area contributed by atoms with Gasteiger partial charge in [-0.3, -0.25) is 14.2 Å². The van der Waals surface area contributed by atoms with Crippen LogP contribution in [0.5, 0.6) is 0 Å². The first-order chi connectivity index (χ1) is 15.5. The molecule has 4 rings (SSSR count). The molecule has 0 radical (unpaired) electrons. The van der Waals surface area contributed by atoms with Gasteiger partial charge < -0.3 is 9.30 Å². The van der Waals surface area contributed by atoms with Gasteiger partial charge in [0.1, 0.15) is 12.4 Å². The molecule has 2 aromatic carbocycles. The van der Waals surface area contributed by atoms with Gasteiger partial charge in [-0.05, 0) is 43.2 Å². The third-order valence-electron chi connectivity index (χ3n) is 5.06. The van der Waals surface area contributed by atoms with Crippen molar-refractivity contribution >= 4 is 17.1 Å². The molecule has 2 heterocycles. The van der Waals surface area contributed by atoms with E-state index in [2.05, 4.69) is 4.98 Å². The van der Waals surface area contributed by atoms with E-state index in [4.69, 9.17) is 4.74 Å². The number of hydrogen-bond donors (Lipinski definition) is 0. The molecule has 0 aliphatic carbocycles. The van der Waals surface area contributed by atoms with Gasteiger partial charge in [0.05, 0.1) is 18.6 Å². The highest BCUT2D eigenvalue weighted by Crippen LogP contribution is 2.14. The number of carbonyl (C=O) groups excluding carboxylic acids is 1. The molecule has 8 nitrogen and oxygen atoms in total. The average molecular weight is 436 g/mol. The number of nitrogens with zero attached hydrogens (tertiary/aromatic N) is 4. The second-order valence-electron chi connectivity index (χ2n) is 7.14. The molecular weight excluding hydrogens is 415 g/mol. The lowest BCUT2D eigenvalue weighted by Gasteiger charge is -2.13. The highest BCUT2D eigenvalue weighted by Gasteiger charge is 2.20. The Kier molecular flexibility index (Phi) is 5.98. The summed E-state index contributed by atoms with van der Waals surface area (Å²) in [5, 5.41) is 0. The first-order valence-corrected chi connectivity index (χ1v) is 10.2. The minimum atomic E-state index is -0.591. The molecule has 0 atom stereocenters. The smallest absolute Gasteiger partial charge is 0.337 e. The van der Waals surface area contributed by atoms with Crippen molar-refractivity contribution < 1.29 is 13.9 Å². The van der Waals surface area contributed by atoms with Gasteiger partial charge in [-0.2, -0.15) is 0 Å². The minimum Gasteiger partial charge on any atom is -0.465 e. The van der Waals surface area contributed by atoms with E-state index in [1.807, 2.05) is 30.3 Å². The quantitative estimate of drug-likeness (QED) is 0.415. The van der Waals surface area contributed by atoms with Crippen molar-refractivity contribution in [2.45, 2.75) is 26.4 Å². The van der Waals surface area contributed by atoms with Crippen LogP contribution in [0.3, 0.4) is 0 Å². The van der Waals surface area contributed by atoms with Crippen LogP contribution in [0.15, 0.2) is 70.5 Å². The zero-order valence-electron chi connectivity index (χ0n) is 17.4. The molecule has 0 saturated heterocycles. The summed E-state index contributed by atoms with van der Waals surface area (Å²) in [6.45, 7) is 1.79. The van der Waals surface area contributed by atoms with Crippen LogP contribution in [-0.4, -0.2) is 31.3 Å². The van der Waals surface area contributed by atoms with Gasteiger partial charge in [0.2, 0.25) is 0 Å². The lowest BCUT2D eigenvalue weighted by Crippen LogP contribution is -2.40. The van der Waals surface area contributed by atoms with Crippen molar-refractivity contribution in [2.75, 3.05) is 6.61 Å². The summed E-state index contributed by atoms with van der Waals surface area (Å²) in [7, 11) is 0. The van der Waals surface area contributed by atoms with Crippen LogP contribution in [0.4, 0.5) is 4.39 Å². The molecule has 0 amide bonds. The summed E-state index contributed by atoms with van der Waals surface area (Å²) in [5.41, 5.74) is 0.359. The molecule has 32 heavy (non-hydrogen) atoms. The van der Waals surface area contributed by atoms with E-state index in [1.165, 1.54) is 39.7 Å². The maximum Gasteiger partial charge on any atom is 0.337 e. The Bertz CT molecular complexity index is 1370. The maximum atomic E-state index is 13.5. The normalized spacial score (nSPS) is 11.1. The Hall–Kier alpha value is -4.01. The largest absolute Gasteiger partial charge is 0.465 e. The summed E-state index contributed by atoms with van der Waals surface area (Å²) >= 11 is 0. The molecular formula is C23H21FN4O4. The number of benzene rings is 2. The molecule has 9 heteroatoms. The topological polar surface area (TPSA) is 88.1 Å². The predicted octanol–water partition coefficient (Wildman–Crippen LogP) is 2.29. The maximum absolute atomic E-state index is 13.5. The van der Waals surface area contributed by atoms with Crippen LogP contribution in [0.2, 0.25) is 0 Å². The van der Waals surface area contributed by atoms with Crippen LogP contribution in [0.25, 0.3) is 16.9 Å². The number of esters is 1. The Labute approximate surface area is 182 Å². The van der Waals surface area contributed by atoms with Gasteiger partial charge in [0, 0.05) is 6.54 Å². The third-order valence-corrected chi connectivity index (χ3v) is 5.06. The summed E-state index contributed by atoms with van der Waals surface area (Å²) < 4.78 is 22.2. The van der Waals surface area contributed by atoms with Crippen LogP contribution >= 0.6 is 0 Å². The first kappa shape index (κ1) is 21.2. The number of ether oxygens (including phenoxy) is 1. The van der Waals surface area contributed by atoms with E-state index in [1.54, 1.807) is 6.92 Å². The Morgan fingerprint density at radius 3 is 2.47 bits per heavy atom. The molecule has 0 spiro atoms. The second kappa shape index (κ2) is 9.01. The van der Waals surface area contributed by atoms with Crippen molar-refractivity contribution in [3.05, 3.63) is 93.1 Å². The van der Waals surface area contributed by atoms with Crippen LogP contribution in [-0.2, 0) is 29.0 Å². The Morgan fingerprint density at radius 2 is 1.78 bits per heavy atom. The van der Waals surface area contributed by atoms with E-state index in [-0.39, 0.29) is 30.9 Å². The number of aryl methyl sites for hydroxylation is 1. The Balaban J connectivity index is 1.89. The molecule has 0 saturated carbocycles. The van der Waals surface area contributed by atoms with Crippen LogP contribution in [0, 0.1) is 5.82 Å². The summed E-state index contributed by atoms with van der Waals surface area (Å²) in [4.78, 5) is 42.9. The number of imidazole rings is 1. The van der Waals surface area contributed by atoms with Crippen LogP contribution in [0.1, 0.15) is 12.5 Å². The average Bonchev–Trinajstić information content (AvgIpc) is 3.19. The molecule has 164 valence electrons. The van der Waals surface area contributed by atoms with Gasteiger partial charge in [0.15, 0.2) is 11.2 Å². The Morgan fingerprint density at radius 1 is 1.06 bits per heavy atom. The van der Waals surface area contributed by atoms with E-state index in [0.717, 1.165) is 10.1 Å².